The largest absolute Gasteiger partial charge is 0.300 e. The van der Waals surface area contributed by atoms with Gasteiger partial charge >= 0.3 is 0 Å². The van der Waals surface area contributed by atoms with Gasteiger partial charge in [-0.3, -0.25) is 4.55 Å². The summed E-state index contributed by atoms with van der Waals surface area (Å²) in [5.74, 6) is 0. The van der Waals surface area contributed by atoms with Crippen molar-refractivity contribution in [3.05, 3.63) is 71.8 Å². The van der Waals surface area contributed by atoms with Crippen LogP contribution in [0.15, 0.2) is 60.7 Å². The van der Waals surface area contributed by atoms with Crippen LogP contribution in [-0.2, 0) is 21.0 Å². The van der Waals surface area contributed by atoms with E-state index < -0.39 is 10.1 Å². The third-order valence-corrected chi connectivity index (χ3v) is 5.29. The molecule has 0 saturated heterocycles. The van der Waals surface area contributed by atoms with Gasteiger partial charge in [0.05, 0.1) is 0 Å². The fraction of sp³-hybridized carbons (Fsp3) is 0.125. The lowest BCUT2D eigenvalue weighted by Crippen LogP contribution is -2.10. The van der Waals surface area contributed by atoms with Crippen LogP contribution < -0.4 is 0 Å². The average Bonchev–Trinajstić information content (AvgIpc) is 2.44. The second-order valence-corrected chi connectivity index (χ2v) is 8.08. The van der Waals surface area contributed by atoms with Crippen molar-refractivity contribution in [3.8, 4) is 0 Å². The van der Waals surface area contributed by atoms with Crippen LogP contribution in [0, 0.1) is 0 Å². The maximum absolute atomic E-state index is 12.0. The highest BCUT2D eigenvalue weighted by Gasteiger charge is 2.30. The van der Waals surface area contributed by atoms with Crippen molar-refractivity contribution < 1.29 is 13.0 Å². The second kappa shape index (κ2) is 6.47. The minimum atomic E-state index is -4.32. The van der Waals surface area contributed by atoms with Crippen LogP contribution in [0.4, 0.5) is 0 Å². The van der Waals surface area contributed by atoms with E-state index in [9.17, 15) is 13.0 Å². The molecule has 0 aliphatic heterocycles. The van der Waals surface area contributed by atoms with Crippen LogP contribution in [0.2, 0.25) is 0 Å². The third-order valence-electron chi connectivity index (χ3n) is 2.94. The smallest absolute Gasteiger partial charge is 0.282 e. The zero-order valence-electron chi connectivity index (χ0n) is 11.9. The first-order valence-corrected chi connectivity index (χ1v) is 9.79. The van der Waals surface area contributed by atoms with Crippen LogP contribution in [0.1, 0.15) is 11.1 Å². The Morgan fingerprint density at radius 3 is 1.67 bits per heavy atom. The molecule has 0 spiro atoms. The molecule has 2 aromatic carbocycles. The van der Waals surface area contributed by atoms with Gasteiger partial charge in [0, 0.05) is 22.0 Å². The number of hydrogen-bond donors (Lipinski definition) is 1. The van der Waals surface area contributed by atoms with Crippen LogP contribution in [0.25, 0.3) is 9.81 Å². The van der Waals surface area contributed by atoms with Gasteiger partial charge in [-0.05, 0) is 12.1 Å². The van der Waals surface area contributed by atoms with Crippen molar-refractivity contribution in [1.29, 1.82) is 0 Å². The van der Waals surface area contributed by atoms with Crippen LogP contribution in [0.3, 0.4) is 0 Å². The van der Waals surface area contributed by atoms with E-state index in [1.54, 1.807) is 24.3 Å². The molecule has 0 radical (unpaired) electrons. The van der Waals surface area contributed by atoms with E-state index in [1.807, 2.05) is 48.9 Å². The Morgan fingerprint density at radius 1 is 0.857 bits per heavy atom. The molecule has 0 aromatic heterocycles. The first-order valence-electron chi connectivity index (χ1n) is 6.31. The first kappa shape index (κ1) is 15.8. The van der Waals surface area contributed by atoms with E-state index in [2.05, 4.69) is 0 Å². The van der Waals surface area contributed by atoms with Crippen LogP contribution >= 0.6 is 0 Å². The van der Waals surface area contributed by atoms with E-state index >= 15 is 0 Å². The number of rotatable bonds is 4. The second-order valence-electron chi connectivity index (χ2n) is 4.68. The quantitative estimate of drug-likeness (QED) is 0.534. The molecular formula is C16H17O3S2+. The highest BCUT2D eigenvalue weighted by Crippen LogP contribution is 2.33. The molecule has 2 aromatic rings. The molecule has 3 nitrogen and oxygen atoms in total. The normalized spacial score (nSPS) is 13.1. The summed E-state index contributed by atoms with van der Waals surface area (Å²) in [6.07, 6.45) is 3.88. The van der Waals surface area contributed by atoms with Gasteiger partial charge in [0.25, 0.3) is 10.1 Å². The molecule has 110 valence electrons. The molecule has 0 fully saturated rings. The number of hydrogen-bond acceptors (Lipinski definition) is 2. The molecule has 0 aliphatic rings. The minimum Gasteiger partial charge on any atom is -0.282 e. The van der Waals surface area contributed by atoms with Crippen LogP contribution in [0.5, 0.6) is 0 Å². The molecule has 0 heterocycles. The summed E-state index contributed by atoms with van der Waals surface area (Å²) in [5, 5.41) is 0. The molecule has 2 rings (SSSR count). The Bertz CT molecular complexity index is 734. The van der Waals surface area contributed by atoms with E-state index in [4.69, 9.17) is 0 Å². The molecule has 0 amide bonds. The fourth-order valence-corrected chi connectivity index (χ4v) is 4.83. The van der Waals surface area contributed by atoms with Gasteiger partial charge in [-0.15, -0.1) is 0 Å². The Kier molecular flexibility index (Phi) is 4.88. The van der Waals surface area contributed by atoms with Crippen molar-refractivity contribution in [3.63, 3.8) is 0 Å². The van der Waals surface area contributed by atoms with Gasteiger partial charge in [0.2, 0.25) is 0 Å². The Morgan fingerprint density at radius 2 is 1.29 bits per heavy atom. The molecule has 0 saturated carbocycles. The van der Waals surface area contributed by atoms with E-state index in [0.29, 0.717) is 10.5 Å². The van der Waals surface area contributed by atoms with Gasteiger partial charge in [0.1, 0.15) is 12.5 Å². The molecule has 5 heteroatoms. The lowest BCUT2D eigenvalue weighted by molar-refractivity contribution is 0.496. The fourth-order valence-electron chi connectivity index (χ4n) is 2.13. The van der Waals surface area contributed by atoms with Crippen molar-refractivity contribution >= 4 is 30.8 Å². The highest BCUT2D eigenvalue weighted by molar-refractivity contribution is 8.07. The molecule has 21 heavy (non-hydrogen) atoms. The van der Waals surface area contributed by atoms with Gasteiger partial charge in [-0.2, -0.15) is 8.42 Å². The van der Waals surface area contributed by atoms with Gasteiger partial charge < -0.3 is 0 Å². The summed E-state index contributed by atoms with van der Waals surface area (Å²) in [6, 6.07) is 18.0. The van der Waals surface area contributed by atoms with Crippen LogP contribution in [-0.4, -0.2) is 25.5 Å². The predicted octanol–water partition coefficient (Wildman–Crippen LogP) is 3.28. The Balaban J connectivity index is 2.82. The van der Waals surface area contributed by atoms with E-state index in [0.717, 1.165) is 5.56 Å². The molecule has 0 aliphatic carbocycles. The molecule has 0 bridgehead atoms. The number of benzene rings is 2. The summed E-state index contributed by atoms with van der Waals surface area (Å²) < 4.78 is 33.6. The predicted molar refractivity (Wildman–Crippen MR) is 90.5 cm³/mol. The van der Waals surface area contributed by atoms with Crippen molar-refractivity contribution in [1.82, 2.24) is 0 Å². The minimum absolute atomic E-state index is 0.0115. The van der Waals surface area contributed by atoms with Gasteiger partial charge in [-0.1, -0.05) is 48.5 Å². The maximum Gasteiger partial charge on any atom is 0.300 e. The topological polar surface area (TPSA) is 54.4 Å². The van der Waals surface area contributed by atoms with Crippen molar-refractivity contribution in [2.24, 2.45) is 0 Å². The summed E-state index contributed by atoms with van der Waals surface area (Å²) in [7, 11) is -4.66. The summed E-state index contributed by atoms with van der Waals surface area (Å²) >= 11 is 0. The summed E-state index contributed by atoms with van der Waals surface area (Å²) in [4.78, 5) is 0.631. The Labute approximate surface area is 128 Å². The van der Waals surface area contributed by atoms with Crippen molar-refractivity contribution in [2.45, 2.75) is 0 Å². The van der Waals surface area contributed by atoms with Crippen molar-refractivity contribution in [2.75, 3.05) is 12.5 Å². The maximum atomic E-state index is 12.0. The highest BCUT2D eigenvalue weighted by atomic mass is 32.2. The standard InChI is InChI=1S/C16H16O3S2/c1-20(2)15(13-9-5-3-6-10-13)16(21(17,18)19)14-11-7-4-8-12-14/h3-12H,1-2H3/p+1/b16-15+. The Hall–Kier alpha value is -1.56. The van der Waals surface area contributed by atoms with Gasteiger partial charge in [0.15, 0.2) is 9.81 Å². The van der Waals surface area contributed by atoms with Gasteiger partial charge in [-0.25, -0.2) is 0 Å². The summed E-state index contributed by atoms with van der Waals surface area (Å²) in [5.41, 5.74) is 1.31. The molecule has 0 unspecified atom stereocenters. The zero-order chi connectivity index (χ0) is 15.5. The third kappa shape index (κ3) is 3.75. The molecule has 0 atom stereocenters. The first-order chi connectivity index (χ1) is 9.91. The lowest BCUT2D eigenvalue weighted by Gasteiger charge is -2.10. The molecular weight excluding hydrogens is 304 g/mol. The van der Waals surface area contributed by atoms with E-state index in [1.165, 1.54) is 0 Å². The lowest BCUT2D eigenvalue weighted by atomic mass is 10.1. The summed E-state index contributed by atoms with van der Waals surface area (Å²) in [6.45, 7) is 0. The van der Waals surface area contributed by atoms with E-state index in [-0.39, 0.29) is 15.8 Å². The average molecular weight is 321 g/mol. The monoisotopic (exact) mass is 321 g/mol. The molecule has 1 N–H and O–H groups in total. The SMILES string of the molecule is C[S+](C)/C(=C(\c1ccccc1)S(=O)(=O)O)c1ccccc1. The zero-order valence-corrected chi connectivity index (χ0v) is 13.5.